The topological polar surface area (TPSA) is 75.7 Å². The number of carbonyl (C=O) groups excluding carboxylic acids is 3. The number of thioether (sulfide) groups is 1. The fourth-order valence-corrected chi connectivity index (χ4v) is 4.71. The van der Waals surface area contributed by atoms with Crippen molar-refractivity contribution in [2.45, 2.75) is 30.4 Å². The van der Waals surface area contributed by atoms with E-state index in [1.54, 1.807) is 22.7 Å². The van der Waals surface area contributed by atoms with Gasteiger partial charge in [0.1, 0.15) is 6.54 Å². The van der Waals surface area contributed by atoms with Gasteiger partial charge in [-0.25, -0.2) is 0 Å². The minimum atomic E-state index is -0.638. The molecule has 0 saturated carbocycles. The van der Waals surface area contributed by atoms with Crippen molar-refractivity contribution in [1.82, 2.24) is 5.32 Å². The maximum absolute atomic E-state index is 12.6. The molecule has 0 bridgehead atoms. The van der Waals surface area contributed by atoms with E-state index in [-0.39, 0.29) is 25.0 Å². The van der Waals surface area contributed by atoms with Crippen LogP contribution in [0.2, 0.25) is 0 Å². The standard InChI is InChI=1S/C20H22N2O4S2/c1-13-7-8-17(28-13)20(25)21-11-19(24)26-12-18(23)22-10-9-14(2)27-16-6-4-3-5-15(16)22/h3-8,14H,9-12H2,1-2H3,(H,21,25). The summed E-state index contributed by atoms with van der Waals surface area (Å²) in [7, 11) is 0. The number of thiophene rings is 1. The third-order valence-corrected chi connectivity index (χ3v) is 6.50. The van der Waals surface area contributed by atoms with Gasteiger partial charge in [-0.15, -0.1) is 23.1 Å². The fraction of sp³-hybridized carbons (Fsp3) is 0.350. The zero-order valence-corrected chi connectivity index (χ0v) is 17.4. The van der Waals surface area contributed by atoms with Crippen molar-refractivity contribution in [3.05, 3.63) is 46.2 Å². The van der Waals surface area contributed by atoms with Crippen LogP contribution in [0.3, 0.4) is 0 Å². The maximum atomic E-state index is 12.6. The number of amides is 2. The molecule has 1 aliphatic rings. The molecule has 0 saturated heterocycles. The molecule has 0 fully saturated rings. The lowest BCUT2D eigenvalue weighted by Crippen LogP contribution is -2.37. The highest BCUT2D eigenvalue weighted by Gasteiger charge is 2.24. The predicted octanol–water partition coefficient (Wildman–Crippen LogP) is 3.25. The number of nitrogens with zero attached hydrogens (tertiary/aromatic N) is 1. The zero-order chi connectivity index (χ0) is 20.1. The average Bonchev–Trinajstić information content (AvgIpc) is 3.04. The first kappa shape index (κ1) is 20.4. The van der Waals surface area contributed by atoms with Crippen molar-refractivity contribution in [2.24, 2.45) is 0 Å². The smallest absolute Gasteiger partial charge is 0.325 e. The second-order valence-corrected chi connectivity index (χ2v) is 9.25. The molecule has 1 unspecified atom stereocenters. The van der Waals surface area contributed by atoms with Crippen LogP contribution in [0, 0.1) is 6.92 Å². The van der Waals surface area contributed by atoms with Gasteiger partial charge >= 0.3 is 5.97 Å². The van der Waals surface area contributed by atoms with Gasteiger partial charge in [-0.05, 0) is 37.6 Å². The van der Waals surface area contributed by atoms with Crippen molar-refractivity contribution in [3.63, 3.8) is 0 Å². The van der Waals surface area contributed by atoms with Gasteiger partial charge in [0.05, 0.1) is 10.6 Å². The van der Waals surface area contributed by atoms with E-state index in [0.717, 1.165) is 21.9 Å². The first-order valence-corrected chi connectivity index (χ1v) is 10.7. The van der Waals surface area contributed by atoms with Crippen LogP contribution in [0.25, 0.3) is 0 Å². The highest BCUT2D eigenvalue weighted by Crippen LogP contribution is 2.37. The molecule has 2 heterocycles. The fourth-order valence-electron chi connectivity index (χ4n) is 2.81. The molecule has 148 valence electrons. The number of carbonyl (C=O) groups is 3. The molecule has 2 amide bonds. The number of hydrogen-bond donors (Lipinski definition) is 1. The van der Waals surface area contributed by atoms with Crippen molar-refractivity contribution < 1.29 is 19.1 Å². The van der Waals surface area contributed by atoms with Crippen molar-refractivity contribution in [1.29, 1.82) is 0 Å². The minimum absolute atomic E-state index is 0.268. The van der Waals surface area contributed by atoms with Crippen LogP contribution < -0.4 is 10.2 Å². The number of ether oxygens (including phenoxy) is 1. The Balaban J connectivity index is 1.52. The Morgan fingerprint density at radius 3 is 2.75 bits per heavy atom. The molecule has 2 aromatic rings. The van der Waals surface area contributed by atoms with E-state index in [4.69, 9.17) is 4.74 Å². The molecular weight excluding hydrogens is 396 g/mol. The summed E-state index contributed by atoms with van der Waals surface area (Å²) in [4.78, 5) is 40.8. The van der Waals surface area contributed by atoms with Crippen molar-refractivity contribution in [2.75, 3.05) is 24.6 Å². The van der Waals surface area contributed by atoms with Gasteiger partial charge in [0.15, 0.2) is 6.61 Å². The molecule has 1 N–H and O–H groups in total. The lowest BCUT2D eigenvalue weighted by Gasteiger charge is -2.22. The third-order valence-electron chi connectivity index (χ3n) is 4.26. The molecule has 3 rings (SSSR count). The van der Waals surface area contributed by atoms with Gasteiger partial charge in [-0.2, -0.15) is 0 Å². The molecule has 0 radical (unpaired) electrons. The Morgan fingerprint density at radius 1 is 1.21 bits per heavy atom. The van der Waals surface area contributed by atoms with Crippen LogP contribution in [-0.2, 0) is 14.3 Å². The first-order valence-electron chi connectivity index (χ1n) is 9.00. The molecule has 1 aliphatic heterocycles. The summed E-state index contributed by atoms with van der Waals surface area (Å²) in [5, 5.41) is 2.92. The van der Waals surface area contributed by atoms with Crippen LogP contribution in [-0.4, -0.2) is 42.7 Å². The normalized spacial score (nSPS) is 16.1. The molecule has 8 heteroatoms. The average molecular weight is 419 g/mol. The minimum Gasteiger partial charge on any atom is -0.454 e. The van der Waals surface area contributed by atoms with Gasteiger partial charge in [-0.3, -0.25) is 14.4 Å². The highest BCUT2D eigenvalue weighted by atomic mass is 32.2. The van der Waals surface area contributed by atoms with E-state index < -0.39 is 5.97 Å². The number of para-hydroxylation sites is 1. The highest BCUT2D eigenvalue weighted by molar-refractivity contribution is 8.00. The quantitative estimate of drug-likeness (QED) is 0.755. The third kappa shape index (κ3) is 5.14. The van der Waals surface area contributed by atoms with E-state index >= 15 is 0 Å². The Hall–Kier alpha value is -2.32. The summed E-state index contributed by atoms with van der Waals surface area (Å²) in [6, 6.07) is 11.3. The predicted molar refractivity (Wildman–Crippen MR) is 111 cm³/mol. The number of aryl methyl sites for hydroxylation is 1. The molecule has 0 aliphatic carbocycles. The number of benzene rings is 1. The molecule has 28 heavy (non-hydrogen) atoms. The number of nitrogens with one attached hydrogen (secondary N) is 1. The number of esters is 1. The summed E-state index contributed by atoms with van der Waals surface area (Å²) < 4.78 is 5.08. The summed E-state index contributed by atoms with van der Waals surface area (Å²) in [5.41, 5.74) is 0.847. The molecular formula is C20H22N2O4S2. The van der Waals surface area contributed by atoms with Crippen molar-refractivity contribution >= 4 is 46.6 Å². The molecule has 0 spiro atoms. The van der Waals surface area contributed by atoms with E-state index in [2.05, 4.69) is 12.2 Å². The van der Waals surface area contributed by atoms with Gasteiger partial charge in [0, 0.05) is 21.6 Å². The number of fused-ring (bicyclic) bond motifs is 1. The Kier molecular flexibility index (Phi) is 6.74. The van der Waals surface area contributed by atoms with E-state index in [9.17, 15) is 14.4 Å². The Morgan fingerprint density at radius 2 is 2.00 bits per heavy atom. The monoisotopic (exact) mass is 418 g/mol. The SMILES string of the molecule is Cc1ccc(C(=O)NCC(=O)OCC(=O)N2CCC(C)Sc3ccccc32)s1. The number of anilines is 1. The summed E-state index contributed by atoms with van der Waals surface area (Å²) >= 11 is 3.09. The molecule has 1 atom stereocenters. The van der Waals surface area contributed by atoms with Gasteiger partial charge in [-0.1, -0.05) is 19.1 Å². The number of rotatable bonds is 5. The van der Waals surface area contributed by atoms with Gasteiger partial charge < -0.3 is 15.0 Å². The van der Waals surface area contributed by atoms with Crippen LogP contribution in [0.4, 0.5) is 5.69 Å². The molecule has 6 nitrogen and oxygen atoms in total. The zero-order valence-electron chi connectivity index (χ0n) is 15.8. The van der Waals surface area contributed by atoms with Crippen LogP contribution in [0.15, 0.2) is 41.3 Å². The lowest BCUT2D eigenvalue weighted by molar-refractivity contribution is -0.146. The second kappa shape index (κ2) is 9.25. The van der Waals surface area contributed by atoms with Crippen LogP contribution in [0.1, 0.15) is 27.9 Å². The first-order chi connectivity index (χ1) is 13.4. The van der Waals surface area contributed by atoms with E-state index in [0.29, 0.717) is 16.7 Å². The Bertz CT molecular complexity index is 881. The van der Waals surface area contributed by atoms with E-state index in [1.165, 1.54) is 11.3 Å². The van der Waals surface area contributed by atoms with Crippen LogP contribution in [0.5, 0.6) is 0 Å². The van der Waals surface area contributed by atoms with Gasteiger partial charge in [0.25, 0.3) is 11.8 Å². The van der Waals surface area contributed by atoms with Gasteiger partial charge in [0.2, 0.25) is 0 Å². The Labute approximate surface area is 172 Å². The van der Waals surface area contributed by atoms with Crippen LogP contribution >= 0.6 is 23.1 Å². The summed E-state index contributed by atoms with van der Waals surface area (Å²) in [6.07, 6.45) is 0.856. The van der Waals surface area contributed by atoms with Crippen molar-refractivity contribution in [3.8, 4) is 0 Å². The molecule has 1 aromatic heterocycles. The number of hydrogen-bond acceptors (Lipinski definition) is 6. The maximum Gasteiger partial charge on any atom is 0.325 e. The molecule has 1 aromatic carbocycles. The lowest BCUT2D eigenvalue weighted by atomic mass is 10.2. The van der Waals surface area contributed by atoms with E-state index in [1.807, 2.05) is 37.3 Å². The second-order valence-electron chi connectivity index (χ2n) is 6.48. The largest absolute Gasteiger partial charge is 0.454 e. The summed E-state index contributed by atoms with van der Waals surface area (Å²) in [6.45, 7) is 4.00. The summed E-state index contributed by atoms with van der Waals surface area (Å²) in [5.74, 6) is -1.23.